The molecular weight excluding hydrogens is 406 g/mol. The highest BCUT2D eigenvalue weighted by Crippen LogP contribution is 2.23. The topological polar surface area (TPSA) is 124 Å². The standard InChI is InChI=1S/C21H19N3O5S/c1-2-12-28-21(25)16-5-3-4-15(13-16)20-11-8-18(29-20)14-23-24-17-6-9-19(10-7-17)30(22,26)27/h2-11,13-14,24H,1,12H2,(H2,22,26,27). The van der Waals surface area contributed by atoms with Crippen LogP contribution in [0.3, 0.4) is 0 Å². The Morgan fingerprint density at radius 3 is 2.63 bits per heavy atom. The van der Waals surface area contributed by atoms with Crippen molar-refractivity contribution in [3.05, 3.63) is 84.6 Å². The maximum absolute atomic E-state index is 12.0. The Bertz CT molecular complexity index is 1180. The Labute approximate surface area is 173 Å². The van der Waals surface area contributed by atoms with Gasteiger partial charge in [-0.1, -0.05) is 24.8 Å². The summed E-state index contributed by atoms with van der Waals surface area (Å²) < 4.78 is 33.3. The predicted molar refractivity (Wildman–Crippen MR) is 114 cm³/mol. The molecule has 1 heterocycles. The van der Waals surface area contributed by atoms with Gasteiger partial charge in [-0.2, -0.15) is 5.10 Å². The fourth-order valence-corrected chi connectivity index (χ4v) is 3.00. The van der Waals surface area contributed by atoms with Crippen LogP contribution >= 0.6 is 0 Å². The van der Waals surface area contributed by atoms with Gasteiger partial charge in [0.15, 0.2) is 0 Å². The number of hydrogen-bond donors (Lipinski definition) is 2. The van der Waals surface area contributed by atoms with Gasteiger partial charge in [-0.3, -0.25) is 5.43 Å². The first-order valence-corrected chi connectivity index (χ1v) is 10.3. The monoisotopic (exact) mass is 425 g/mol. The number of carbonyl (C=O) groups excluding carboxylic acids is 1. The Morgan fingerprint density at radius 1 is 1.17 bits per heavy atom. The van der Waals surface area contributed by atoms with Crippen molar-refractivity contribution in [2.24, 2.45) is 10.2 Å². The van der Waals surface area contributed by atoms with E-state index in [1.54, 1.807) is 42.5 Å². The largest absolute Gasteiger partial charge is 0.458 e. The van der Waals surface area contributed by atoms with E-state index in [0.29, 0.717) is 28.3 Å². The highest BCUT2D eigenvalue weighted by Gasteiger charge is 2.10. The number of nitrogens with zero attached hydrogens (tertiary/aromatic N) is 1. The molecule has 0 spiro atoms. The molecule has 0 radical (unpaired) electrons. The number of furan rings is 1. The van der Waals surface area contributed by atoms with Crippen LogP contribution in [0.15, 0.2) is 87.7 Å². The summed E-state index contributed by atoms with van der Waals surface area (Å²) in [5, 5.41) is 9.12. The molecule has 3 N–H and O–H groups in total. The number of rotatable bonds is 8. The van der Waals surface area contributed by atoms with Crippen LogP contribution in [-0.2, 0) is 14.8 Å². The van der Waals surface area contributed by atoms with Crippen LogP contribution in [0.5, 0.6) is 0 Å². The van der Waals surface area contributed by atoms with Crippen LogP contribution in [0.1, 0.15) is 16.1 Å². The number of esters is 1. The van der Waals surface area contributed by atoms with Gasteiger partial charge < -0.3 is 9.15 Å². The summed E-state index contributed by atoms with van der Waals surface area (Å²) in [5.41, 5.74) is 4.47. The third kappa shape index (κ3) is 5.43. The molecule has 0 unspecified atom stereocenters. The highest BCUT2D eigenvalue weighted by molar-refractivity contribution is 7.89. The van der Waals surface area contributed by atoms with Crippen molar-refractivity contribution in [3.8, 4) is 11.3 Å². The van der Waals surface area contributed by atoms with Gasteiger partial charge >= 0.3 is 5.97 Å². The van der Waals surface area contributed by atoms with Crippen molar-refractivity contribution in [2.75, 3.05) is 12.0 Å². The molecule has 2 aromatic carbocycles. The summed E-state index contributed by atoms with van der Waals surface area (Å²) in [7, 11) is -3.73. The fourth-order valence-electron chi connectivity index (χ4n) is 2.48. The van der Waals surface area contributed by atoms with Crippen molar-refractivity contribution < 1.29 is 22.4 Å². The number of benzene rings is 2. The quantitative estimate of drug-likeness (QED) is 0.247. The second kappa shape index (κ2) is 9.21. The number of primary sulfonamides is 1. The van der Waals surface area contributed by atoms with E-state index in [1.807, 2.05) is 6.07 Å². The van der Waals surface area contributed by atoms with Crippen LogP contribution in [0.4, 0.5) is 5.69 Å². The van der Waals surface area contributed by atoms with E-state index in [0.717, 1.165) is 0 Å². The molecular formula is C21H19N3O5S. The van der Waals surface area contributed by atoms with E-state index >= 15 is 0 Å². The number of hydrazone groups is 1. The minimum absolute atomic E-state index is 0.0170. The number of anilines is 1. The van der Waals surface area contributed by atoms with Crippen molar-refractivity contribution in [3.63, 3.8) is 0 Å². The van der Waals surface area contributed by atoms with Gasteiger partial charge in [-0.15, -0.1) is 0 Å². The van der Waals surface area contributed by atoms with Crippen molar-refractivity contribution in [2.45, 2.75) is 4.90 Å². The SMILES string of the molecule is C=CCOC(=O)c1cccc(-c2ccc(C=NNc3ccc(S(N)(=O)=O)cc3)o2)c1. The molecule has 0 fully saturated rings. The van der Waals surface area contributed by atoms with Gasteiger partial charge in [0.2, 0.25) is 10.0 Å². The Morgan fingerprint density at radius 2 is 1.93 bits per heavy atom. The molecule has 0 saturated carbocycles. The molecule has 0 aliphatic carbocycles. The number of sulfonamides is 1. The molecule has 3 aromatic rings. The first-order chi connectivity index (χ1) is 14.4. The highest BCUT2D eigenvalue weighted by atomic mass is 32.2. The van der Waals surface area contributed by atoms with Crippen LogP contribution in [0.25, 0.3) is 11.3 Å². The maximum Gasteiger partial charge on any atom is 0.338 e. The summed E-state index contributed by atoms with van der Waals surface area (Å²) in [6.45, 7) is 3.65. The molecule has 0 aliphatic rings. The van der Waals surface area contributed by atoms with E-state index < -0.39 is 16.0 Å². The molecule has 0 aliphatic heterocycles. The first-order valence-electron chi connectivity index (χ1n) is 8.77. The number of nitrogens with one attached hydrogen (secondary N) is 1. The second-order valence-corrected chi connectivity index (χ2v) is 7.67. The first kappa shape index (κ1) is 21.0. The zero-order chi connectivity index (χ0) is 21.6. The van der Waals surface area contributed by atoms with E-state index in [9.17, 15) is 13.2 Å². The van der Waals surface area contributed by atoms with Crippen LogP contribution in [0.2, 0.25) is 0 Å². The van der Waals surface area contributed by atoms with E-state index in [4.69, 9.17) is 14.3 Å². The molecule has 0 bridgehead atoms. The van der Waals surface area contributed by atoms with Crippen LogP contribution in [0, 0.1) is 0 Å². The summed E-state index contributed by atoms with van der Waals surface area (Å²) in [5.74, 6) is 0.605. The number of carbonyl (C=O) groups is 1. The average molecular weight is 425 g/mol. The zero-order valence-corrected chi connectivity index (χ0v) is 16.6. The second-order valence-electron chi connectivity index (χ2n) is 6.11. The van der Waals surface area contributed by atoms with Crippen molar-refractivity contribution in [1.82, 2.24) is 0 Å². The molecule has 0 atom stereocenters. The lowest BCUT2D eigenvalue weighted by molar-refractivity contribution is 0.0550. The summed E-state index contributed by atoms with van der Waals surface area (Å²) >= 11 is 0. The smallest absolute Gasteiger partial charge is 0.338 e. The predicted octanol–water partition coefficient (Wildman–Crippen LogP) is 3.38. The van der Waals surface area contributed by atoms with E-state index in [2.05, 4.69) is 17.1 Å². The minimum atomic E-state index is -3.73. The number of nitrogens with two attached hydrogens (primary N) is 1. The fraction of sp³-hybridized carbons (Fsp3) is 0.0476. The van der Waals surface area contributed by atoms with Gasteiger partial charge in [0, 0.05) is 5.56 Å². The van der Waals surface area contributed by atoms with Gasteiger partial charge in [0.1, 0.15) is 18.1 Å². The minimum Gasteiger partial charge on any atom is -0.458 e. The lowest BCUT2D eigenvalue weighted by Crippen LogP contribution is -2.11. The lowest BCUT2D eigenvalue weighted by Gasteiger charge is -2.03. The number of ether oxygens (including phenoxy) is 1. The van der Waals surface area contributed by atoms with E-state index in [1.165, 1.54) is 24.4 Å². The zero-order valence-electron chi connectivity index (χ0n) is 15.8. The third-order valence-electron chi connectivity index (χ3n) is 3.91. The van der Waals surface area contributed by atoms with E-state index in [-0.39, 0.29) is 11.5 Å². The third-order valence-corrected chi connectivity index (χ3v) is 4.84. The van der Waals surface area contributed by atoms with Crippen LogP contribution < -0.4 is 10.6 Å². The summed E-state index contributed by atoms with van der Waals surface area (Å²) in [6, 6.07) is 16.2. The summed E-state index contributed by atoms with van der Waals surface area (Å²) in [4.78, 5) is 12.0. The lowest BCUT2D eigenvalue weighted by atomic mass is 10.1. The molecule has 0 amide bonds. The molecule has 8 nitrogen and oxygen atoms in total. The Hall–Kier alpha value is -3.69. The normalized spacial score (nSPS) is 11.4. The molecule has 1 aromatic heterocycles. The van der Waals surface area contributed by atoms with Gasteiger partial charge in [0.05, 0.1) is 22.4 Å². The Kier molecular flexibility index (Phi) is 6.45. The van der Waals surface area contributed by atoms with Crippen molar-refractivity contribution in [1.29, 1.82) is 0 Å². The van der Waals surface area contributed by atoms with Crippen molar-refractivity contribution >= 4 is 27.9 Å². The van der Waals surface area contributed by atoms with Gasteiger partial charge in [-0.05, 0) is 48.5 Å². The van der Waals surface area contributed by atoms with Gasteiger partial charge in [0.25, 0.3) is 0 Å². The molecule has 30 heavy (non-hydrogen) atoms. The molecule has 9 heteroatoms. The number of hydrogen-bond acceptors (Lipinski definition) is 7. The van der Waals surface area contributed by atoms with Crippen LogP contribution in [-0.4, -0.2) is 27.2 Å². The summed E-state index contributed by atoms with van der Waals surface area (Å²) in [6.07, 6.45) is 2.97. The average Bonchev–Trinajstić information content (AvgIpc) is 3.21. The molecule has 154 valence electrons. The maximum atomic E-state index is 12.0. The molecule has 0 saturated heterocycles. The van der Waals surface area contributed by atoms with Gasteiger partial charge in [-0.25, -0.2) is 18.4 Å². The molecule has 3 rings (SSSR count). The Balaban J connectivity index is 1.66.